The van der Waals surface area contributed by atoms with Crippen molar-refractivity contribution in [2.24, 2.45) is 5.10 Å². The van der Waals surface area contributed by atoms with Gasteiger partial charge >= 0.3 is 12.0 Å². The minimum Gasteiger partial charge on any atom is -0.506 e. The molecular formula is C22H20ClN3O4S. The van der Waals surface area contributed by atoms with Gasteiger partial charge in [-0.25, -0.2) is 15.0 Å². The number of carboxylic acids is 1. The fourth-order valence-electron chi connectivity index (χ4n) is 2.82. The second-order valence-corrected chi connectivity index (χ2v) is 8.18. The molecule has 0 aliphatic heterocycles. The molecule has 3 rings (SSSR count). The number of anilines is 1. The molecule has 31 heavy (non-hydrogen) atoms. The Kier molecular flexibility index (Phi) is 6.62. The third kappa shape index (κ3) is 5.04. The van der Waals surface area contributed by atoms with E-state index in [0.29, 0.717) is 17.0 Å². The van der Waals surface area contributed by atoms with Crippen molar-refractivity contribution >= 4 is 46.3 Å². The minimum absolute atomic E-state index is 0.00653. The number of nitrogens with zero attached hydrogens (tertiary/aromatic N) is 1. The number of rotatable bonds is 5. The summed E-state index contributed by atoms with van der Waals surface area (Å²) in [6.07, 6.45) is 0. The number of carboxylic acid groups (broad SMARTS) is 1. The number of aromatic carboxylic acids is 1. The number of urea groups is 1. The number of benzene rings is 2. The fourth-order valence-corrected chi connectivity index (χ4v) is 4.08. The maximum atomic E-state index is 12.1. The quantitative estimate of drug-likeness (QED) is 0.293. The molecule has 0 spiro atoms. The van der Waals surface area contributed by atoms with E-state index in [9.17, 15) is 14.7 Å². The van der Waals surface area contributed by atoms with Gasteiger partial charge in [-0.3, -0.25) is 0 Å². The molecule has 0 saturated carbocycles. The Labute approximate surface area is 188 Å². The van der Waals surface area contributed by atoms with Crippen molar-refractivity contribution in [3.05, 3.63) is 69.1 Å². The van der Waals surface area contributed by atoms with Crippen molar-refractivity contribution in [3.8, 4) is 16.2 Å². The normalized spacial score (nSPS) is 11.3. The highest BCUT2D eigenvalue weighted by Gasteiger charge is 2.16. The lowest BCUT2D eigenvalue weighted by Gasteiger charge is -2.07. The molecule has 0 bridgehead atoms. The van der Waals surface area contributed by atoms with Crippen LogP contribution in [-0.2, 0) is 0 Å². The van der Waals surface area contributed by atoms with Gasteiger partial charge in [-0.1, -0.05) is 29.8 Å². The summed E-state index contributed by atoms with van der Waals surface area (Å²) in [4.78, 5) is 23.8. The number of carbonyl (C=O) groups is 2. The van der Waals surface area contributed by atoms with E-state index in [1.807, 2.05) is 32.0 Å². The molecule has 0 saturated heterocycles. The summed E-state index contributed by atoms with van der Waals surface area (Å²) >= 11 is 7.29. The van der Waals surface area contributed by atoms with Gasteiger partial charge in [0.25, 0.3) is 0 Å². The Morgan fingerprint density at radius 2 is 1.81 bits per heavy atom. The van der Waals surface area contributed by atoms with Crippen LogP contribution in [0.2, 0.25) is 5.02 Å². The Bertz CT molecular complexity index is 1200. The van der Waals surface area contributed by atoms with Gasteiger partial charge in [0.1, 0.15) is 5.75 Å². The van der Waals surface area contributed by atoms with Crippen LogP contribution in [0.15, 0.2) is 46.9 Å². The molecule has 0 atom stereocenters. The molecule has 1 aromatic heterocycles. The predicted octanol–water partition coefficient (Wildman–Crippen LogP) is 5.63. The zero-order valence-corrected chi connectivity index (χ0v) is 18.6. The molecular weight excluding hydrogens is 438 g/mol. The SMILES string of the molecule is C/C(=N\NC(=O)Nc1ccc(C(=O)O)c(Cl)c1)c1csc(-c2ccc(C)c(C)c2)c1O. The zero-order valence-electron chi connectivity index (χ0n) is 17.0. The third-order valence-electron chi connectivity index (χ3n) is 4.71. The zero-order chi connectivity index (χ0) is 22.7. The highest BCUT2D eigenvalue weighted by atomic mass is 35.5. The number of hydrogen-bond acceptors (Lipinski definition) is 5. The molecule has 9 heteroatoms. The van der Waals surface area contributed by atoms with Crippen molar-refractivity contribution < 1.29 is 19.8 Å². The average Bonchev–Trinajstić information content (AvgIpc) is 3.09. The monoisotopic (exact) mass is 457 g/mol. The molecule has 0 unspecified atom stereocenters. The van der Waals surface area contributed by atoms with E-state index >= 15 is 0 Å². The number of nitrogens with one attached hydrogen (secondary N) is 2. The summed E-state index contributed by atoms with van der Waals surface area (Å²) in [7, 11) is 0. The standard InChI is InChI=1S/C22H20ClN3O4S/c1-11-4-5-14(8-12(11)2)20-19(27)17(10-31-20)13(3)25-26-22(30)24-15-6-7-16(21(28)29)18(23)9-15/h4-10,27H,1-3H3,(H,28,29)(H2,24,26,30)/b25-13+. The maximum Gasteiger partial charge on any atom is 0.339 e. The number of amides is 2. The number of hydrogen-bond donors (Lipinski definition) is 4. The van der Waals surface area contributed by atoms with E-state index in [4.69, 9.17) is 16.7 Å². The van der Waals surface area contributed by atoms with Crippen LogP contribution >= 0.6 is 22.9 Å². The van der Waals surface area contributed by atoms with Crippen molar-refractivity contribution in [3.63, 3.8) is 0 Å². The lowest BCUT2D eigenvalue weighted by atomic mass is 10.0. The van der Waals surface area contributed by atoms with Crippen LogP contribution in [0.1, 0.15) is 34.0 Å². The number of thiophene rings is 1. The van der Waals surface area contributed by atoms with Gasteiger partial charge in [0.05, 0.1) is 26.7 Å². The van der Waals surface area contributed by atoms with E-state index in [0.717, 1.165) is 16.0 Å². The van der Waals surface area contributed by atoms with Gasteiger partial charge in [-0.15, -0.1) is 11.3 Å². The Morgan fingerprint density at radius 1 is 1.06 bits per heavy atom. The molecule has 0 aliphatic rings. The number of halogens is 1. The molecule has 3 aromatic rings. The van der Waals surface area contributed by atoms with Gasteiger partial charge in [-0.05, 0) is 55.7 Å². The number of aryl methyl sites for hydroxylation is 2. The summed E-state index contributed by atoms with van der Waals surface area (Å²) < 4.78 is 0. The summed E-state index contributed by atoms with van der Waals surface area (Å²) in [6.45, 7) is 5.72. The molecule has 4 N–H and O–H groups in total. The highest BCUT2D eigenvalue weighted by Crippen LogP contribution is 2.39. The van der Waals surface area contributed by atoms with Gasteiger partial charge in [0, 0.05) is 11.1 Å². The van der Waals surface area contributed by atoms with Crippen LogP contribution in [0.25, 0.3) is 10.4 Å². The van der Waals surface area contributed by atoms with Crippen LogP contribution in [0, 0.1) is 13.8 Å². The Morgan fingerprint density at radius 3 is 2.45 bits per heavy atom. The van der Waals surface area contributed by atoms with E-state index in [-0.39, 0.29) is 16.3 Å². The topological polar surface area (TPSA) is 111 Å². The van der Waals surface area contributed by atoms with Crippen molar-refractivity contribution in [1.29, 1.82) is 0 Å². The molecule has 7 nitrogen and oxygen atoms in total. The Hall–Kier alpha value is -3.36. The second-order valence-electron chi connectivity index (χ2n) is 6.89. The van der Waals surface area contributed by atoms with E-state index in [1.54, 1.807) is 12.3 Å². The highest BCUT2D eigenvalue weighted by molar-refractivity contribution is 7.14. The largest absolute Gasteiger partial charge is 0.506 e. The van der Waals surface area contributed by atoms with Gasteiger partial charge in [0.15, 0.2) is 0 Å². The average molecular weight is 458 g/mol. The first-order valence-corrected chi connectivity index (χ1v) is 10.5. The first-order chi connectivity index (χ1) is 14.7. The van der Waals surface area contributed by atoms with Gasteiger partial charge < -0.3 is 15.5 Å². The van der Waals surface area contributed by atoms with Gasteiger partial charge in [-0.2, -0.15) is 5.10 Å². The molecule has 2 amide bonds. The first-order valence-electron chi connectivity index (χ1n) is 9.20. The van der Waals surface area contributed by atoms with E-state index in [1.165, 1.54) is 35.1 Å². The summed E-state index contributed by atoms with van der Waals surface area (Å²) in [6, 6.07) is 9.40. The lowest BCUT2D eigenvalue weighted by molar-refractivity contribution is 0.0697. The van der Waals surface area contributed by atoms with Crippen LogP contribution in [0.3, 0.4) is 0 Å². The third-order valence-corrected chi connectivity index (χ3v) is 6.04. The molecule has 0 aliphatic carbocycles. The fraction of sp³-hybridized carbons (Fsp3) is 0.136. The number of carbonyl (C=O) groups excluding carboxylic acids is 1. The van der Waals surface area contributed by atoms with Crippen LogP contribution in [-0.4, -0.2) is 27.9 Å². The summed E-state index contributed by atoms with van der Waals surface area (Å²) in [5.74, 6) is -1.05. The minimum atomic E-state index is -1.16. The molecule has 1 heterocycles. The van der Waals surface area contributed by atoms with Gasteiger partial charge in [0.2, 0.25) is 0 Å². The van der Waals surface area contributed by atoms with Crippen molar-refractivity contribution in [1.82, 2.24) is 5.43 Å². The molecule has 0 fully saturated rings. The second kappa shape index (κ2) is 9.20. The summed E-state index contributed by atoms with van der Waals surface area (Å²) in [5, 5.41) is 28.0. The first kappa shape index (κ1) is 22.3. The van der Waals surface area contributed by atoms with Crippen LogP contribution in [0.4, 0.5) is 10.5 Å². The molecule has 0 radical (unpaired) electrons. The molecule has 160 valence electrons. The lowest BCUT2D eigenvalue weighted by Crippen LogP contribution is -2.25. The van der Waals surface area contributed by atoms with Crippen LogP contribution in [0.5, 0.6) is 5.75 Å². The predicted molar refractivity (Wildman–Crippen MR) is 124 cm³/mol. The van der Waals surface area contributed by atoms with E-state index < -0.39 is 12.0 Å². The van der Waals surface area contributed by atoms with Crippen LogP contribution < -0.4 is 10.7 Å². The van der Waals surface area contributed by atoms with Crippen molar-refractivity contribution in [2.45, 2.75) is 20.8 Å². The smallest absolute Gasteiger partial charge is 0.339 e. The number of hydrazone groups is 1. The van der Waals surface area contributed by atoms with E-state index in [2.05, 4.69) is 15.8 Å². The maximum absolute atomic E-state index is 12.1. The Balaban J connectivity index is 1.71. The number of aromatic hydroxyl groups is 1. The van der Waals surface area contributed by atoms with Crippen molar-refractivity contribution in [2.75, 3.05) is 5.32 Å². The molecule has 2 aromatic carbocycles. The summed E-state index contributed by atoms with van der Waals surface area (Å²) in [5.41, 5.74) is 6.77.